The molecule has 0 radical (unpaired) electrons. The predicted octanol–water partition coefficient (Wildman–Crippen LogP) is 3.23. The Hall–Kier alpha value is -1.64. The van der Waals surface area contributed by atoms with Gasteiger partial charge >= 0.3 is 0 Å². The Morgan fingerprint density at radius 1 is 1.29 bits per heavy atom. The Bertz CT molecular complexity index is 526. The van der Waals surface area contributed by atoms with Gasteiger partial charge in [0.15, 0.2) is 5.82 Å². The zero-order chi connectivity index (χ0) is 11.7. The zero-order valence-electron chi connectivity index (χ0n) is 10.1. The SMILES string of the molecule is CC1(CNc2nncc3ccccc23)CCC1. The van der Waals surface area contributed by atoms with Crippen molar-refractivity contribution in [2.24, 2.45) is 5.41 Å². The molecule has 17 heavy (non-hydrogen) atoms. The summed E-state index contributed by atoms with van der Waals surface area (Å²) in [5.41, 5.74) is 0.457. The number of aromatic nitrogens is 2. The van der Waals surface area contributed by atoms with Crippen molar-refractivity contribution in [1.29, 1.82) is 0 Å². The van der Waals surface area contributed by atoms with Gasteiger partial charge in [-0.05, 0) is 18.3 Å². The number of nitrogens with zero attached hydrogens (tertiary/aromatic N) is 2. The van der Waals surface area contributed by atoms with Gasteiger partial charge in [-0.2, -0.15) is 5.10 Å². The van der Waals surface area contributed by atoms with Crippen LogP contribution in [0.5, 0.6) is 0 Å². The van der Waals surface area contributed by atoms with E-state index in [0.29, 0.717) is 5.41 Å². The molecule has 0 atom stereocenters. The van der Waals surface area contributed by atoms with Crippen molar-refractivity contribution in [1.82, 2.24) is 10.2 Å². The van der Waals surface area contributed by atoms with Crippen LogP contribution in [0.2, 0.25) is 0 Å². The first kappa shape index (κ1) is 10.5. The van der Waals surface area contributed by atoms with Gasteiger partial charge in [-0.15, -0.1) is 5.10 Å². The number of hydrogen-bond donors (Lipinski definition) is 1. The molecule has 1 heterocycles. The van der Waals surface area contributed by atoms with E-state index in [4.69, 9.17) is 0 Å². The molecule has 0 amide bonds. The van der Waals surface area contributed by atoms with Crippen LogP contribution in [-0.4, -0.2) is 16.7 Å². The van der Waals surface area contributed by atoms with Crippen LogP contribution >= 0.6 is 0 Å². The lowest BCUT2D eigenvalue weighted by Crippen LogP contribution is -2.33. The first-order valence-corrected chi connectivity index (χ1v) is 6.21. The van der Waals surface area contributed by atoms with Crippen molar-refractivity contribution < 1.29 is 0 Å². The molecule has 88 valence electrons. The summed E-state index contributed by atoms with van der Waals surface area (Å²) in [6, 6.07) is 8.23. The molecule has 0 saturated heterocycles. The van der Waals surface area contributed by atoms with Crippen molar-refractivity contribution in [3.8, 4) is 0 Å². The largest absolute Gasteiger partial charge is 0.368 e. The van der Waals surface area contributed by atoms with E-state index in [2.05, 4.69) is 34.6 Å². The molecule has 0 spiro atoms. The number of anilines is 1. The van der Waals surface area contributed by atoms with Crippen LogP contribution in [0.1, 0.15) is 26.2 Å². The molecule has 1 aromatic heterocycles. The van der Waals surface area contributed by atoms with Crippen LogP contribution in [0.25, 0.3) is 10.8 Å². The third kappa shape index (κ3) is 1.97. The van der Waals surface area contributed by atoms with Crippen LogP contribution in [0.15, 0.2) is 30.5 Å². The molecule has 0 bridgehead atoms. The normalized spacial score (nSPS) is 17.7. The molecule has 1 N–H and O–H groups in total. The van der Waals surface area contributed by atoms with Crippen LogP contribution < -0.4 is 5.32 Å². The molecule has 0 unspecified atom stereocenters. The summed E-state index contributed by atoms with van der Waals surface area (Å²) in [6.07, 6.45) is 5.81. The lowest BCUT2D eigenvalue weighted by Gasteiger charge is -2.38. The van der Waals surface area contributed by atoms with Crippen molar-refractivity contribution in [2.75, 3.05) is 11.9 Å². The summed E-state index contributed by atoms with van der Waals surface area (Å²) in [7, 11) is 0. The van der Waals surface area contributed by atoms with Gasteiger partial charge in [-0.3, -0.25) is 0 Å². The molecule has 1 aliphatic carbocycles. The highest BCUT2D eigenvalue weighted by molar-refractivity contribution is 5.90. The molecule has 0 aliphatic heterocycles. The van der Waals surface area contributed by atoms with Gasteiger partial charge in [0.25, 0.3) is 0 Å². The second-order valence-electron chi connectivity index (χ2n) is 5.30. The molecule has 2 aromatic rings. The number of hydrogen-bond acceptors (Lipinski definition) is 3. The fraction of sp³-hybridized carbons (Fsp3) is 0.429. The molecule has 1 fully saturated rings. The van der Waals surface area contributed by atoms with Crippen LogP contribution in [0.4, 0.5) is 5.82 Å². The predicted molar refractivity (Wildman–Crippen MR) is 70.0 cm³/mol. The number of nitrogens with one attached hydrogen (secondary N) is 1. The molecule has 1 saturated carbocycles. The topological polar surface area (TPSA) is 37.8 Å². The molecule has 3 heteroatoms. The fourth-order valence-electron chi connectivity index (χ4n) is 2.41. The summed E-state index contributed by atoms with van der Waals surface area (Å²) in [5.74, 6) is 0.913. The summed E-state index contributed by atoms with van der Waals surface area (Å²) >= 11 is 0. The van der Waals surface area contributed by atoms with Gasteiger partial charge in [-0.25, -0.2) is 0 Å². The van der Waals surface area contributed by atoms with E-state index in [1.807, 2.05) is 18.3 Å². The Kier molecular flexibility index (Phi) is 2.46. The van der Waals surface area contributed by atoms with E-state index in [1.54, 1.807) is 0 Å². The van der Waals surface area contributed by atoms with Gasteiger partial charge in [-0.1, -0.05) is 37.6 Å². The van der Waals surface area contributed by atoms with Gasteiger partial charge in [0.1, 0.15) is 0 Å². The smallest absolute Gasteiger partial charge is 0.156 e. The Morgan fingerprint density at radius 2 is 2.12 bits per heavy atom. The molecule has 3 rings (SSSR count). The standard InChI is InChI=1S/C14H17N3/c1-14(7-4-8-14)10-15-13-12-6-3-2-5-11(12)9-16-17-13/h2-3,5-6,9H,4,7-8,10H2,1H3,(H,15,17). The molecular weight excluding hydrogens is 210 g/mol. The third-order valence-corrected chi connectivity index (χ3v) is 3.81. The summed E-state index contributed by atoms with van der Waals surface area (Å²) in [5, 5.41) is 14.0. The summed E-state index contributed by atoms with van der Waals surface area (Å²) in [4.78, 5) is 0. The molecule has 1 aliphatic rings. The van der Waals surface area contributed by atoms with Crippen molar-refractivity contribution in [3.05, 3.63) is 30.5 Å². The Balaban J connectivity index is 1.85. The maximum Gasteiger partial charge on any atom is 0.156 e. The van der Waals surface area contributed by atoms with E-state index in [-0.39, 0.29) is 0 Å². The van der Waals surface area contributed by atoms with Gasteiger partial charge in [0, 0.05) is 17.3 Å². The molecule has 3 nitrogen and oxygen atoms in total. The number of fused-ring (bicyclic) bond motifs is 1. The van der Waals surface area contributed by atoms with Crippen molar-refractivity contribution in [2.45, 2.75) is 26.2 Å². The fourth-order valence-corrected chi connectivity index (χ4v) is 2.41. The third-order valence-electron chi connectivity index (χ3n) is 3.81. The van der Waals surface area contributed by atoms with Gasteiger partial charge in [0.05, 0.1) is 6.20 Å². The highest BCUT2D eigenvalue weighted by Crippen LogP contribution is 2.40. The van der Waals surface area contributed by atoms with Crippen LogP contribution in [0, 0.1) is 5.41 Å². The highest BCUT2D eigenvalue weighted by Gasteiger charge is 2.31. The highest BCUT2D eigenvalue weighted by atomic mass is 15.2. The van der Waals surface area contributed by atoms with E-state index in [1.165, 1.54) is 19.3 Å². The van der Waals surface area contributed by atoms with Gasteiger partial charge < -0.3 is 5.32 Å². The average Bonchev–Trinajstić information content (AvgIpc) is 2.34. The Labute approximate surface area is 101 Å². The minimum Gasteiger partial charge on any atom is -0.368 e. The minimum atomic E-state index is 0.457. The number of benzene rings is 1. The summed E-state index contributed by atoms with van der Waals surface area (Å²) in [6.45, 7) is 3.33. The lowest BCUT2D eigenvalue weighted by atomic mass is 9.70. The van der Waals surface area contributed by atoms with Crippen molar-refractivity contribution in [3.63, 3.8) is 0 Å². The monoisotopic (exact) mass is 227 g/mol. The van der Waals surface area contributed by atoms with Gasteiger partial charge in [0.2, 0.25) is 0 Å². The lowest BCUT2D eigenvalue weighted by molar-refractivity contribution is 0.180. The van der Waals surface area contributed by atoms with E-state index in [9.17, 15) is 0 Å². The van der Waals surface area contributed by atoms with Crippen LogP contribution in [-0.2, 0) is 0 Å². The van der Waals surface area contributed by atoms with E-state index >= 15 is 0 Å². The Morgan fingerprint density at radius 3 is 2.88 bits per heavy atom. The maximum atomic E-state index is 4.21. The first-order valence-electron chi connectivity index (χ1n) is 6.21. The second kappa shape index (κ2) is 3.99. The quantitative estimate of drug-likeness (QED) is 0.874. The minimum absolute atomic E-state index is 0.457. The second-order valence-corrected chi connectivity index (χ2v) is 5.30. The first-order chi connectivity index (χ1) is 8.27. The molecular formula is C14H17N3. The zero-order valence-corrected chi connectivity index (χ0v) is 10.1. The molecule has 1 aromatic carbocycles. The number of rotatable bonds is 3. The average molecular weight is 227 g/mol. The van der Waals surface area contributed by atoms with E-state index < -0.39 is 0 Å². The van der Waals surface area contributed by atoms with Crippen LogP contribution in [0.3, 0.4) is 0 Å². The van der Waals surface area contributed by atoms with E-state index in [0.717, 1.165) is 23.1 Å². The maximum absolute atomic E-state index is 4.21. The van der Waals surface area contributed by atoms with Crippen molar-refractivity contribution >= 4 is 16.6 Å². The summed E-state index contributed by atoms with van der Waals surface area (Å²) < 4.78 is 0.